The third kappa shape index (κ3) is 2.88. The smallest absolute Gasteiger partial charge is 0.318 e. The number of carboxylic acids is 1. The zero-order chi connectivity index (χ0) is 13.8. The van der Waals surface area contributed by atoms with Crippen LogP contribution in [0.25, 0.3) is 11.1 Å². The van der Waals surface area contributed by atoms with Crippen LogP contribution >= 0.6 is 0 Å². The van der Waals surface area contributed by atoms with Gasteiger partial charge in [0.15, 0.2) is 0 Å². The van der Waals surface area contributed by atoms with Crippen molar-refractivity contribution >= 4 is 11.8 Å². The fourth-order valence-corrected chi connectivity index (χ4v) is 2.08. The first-order valence-electron chi connectivity index (χ1n) is 5.98. The molecule has 1 unspecified atom stereocenters. The van der Waals surface area contributed by atoms with Crippen molar-refractivity contribution < 1.29 is 14.7 Å². The molecule has 2 rings (SSSR count). The standard InChI is InChI=1S/C16H14O3/c1-11(17)15(16(18)19)14-9-5-8-13(10-14)12-6-3-2-4-7-12/h2-10,15H,1H3,(H,18,19). The van der Waals surface area contributed by atoms with E-state index in [1.165, 1.54) is 6.92 Å². The molecule has 96 valence electrons. The van der Waals surface area contributed by atoms with E-state index in [1.54, 1.807) is 18.2 Å². The molecule has 0 heterocycles. The largest absolute Gasteiger partial charge is 0.480 e. The number of rotatable bonds is 4. The highest BCUT2D eigenvalue weighted by molar-refractivity contribution is 6.02. The molecule has 3 nitrogen and oxygen atoms in total. The van der Waals surface area contributed by atoms with E-state index in [9.17, 15) is 9.59 Å². The SMILES string of the molecule is CC(=O)C(C(=O)O)c1cccc(-c2ccccc2)c1. The highest BCUT2D eigenvalue weighted by Gasteiger charge is 2.24. The minimum absolute atomic E-state index is 0.363. The number of hydrogen-bond donors (Lipinski definition) is 1. The van der Waals surface area contributed by atoms with Gasteiger partial charge in [-0.3, -0.25) is 9.59 Å². The lowest BCUT2D eigenvalue weighted by Gasteiger charge is -2.11. The molecule has 3 heteroatoms. The Bertz CT molecular complexity index is 588. The van der Waals surface area contributed by atoms with Crippen LogP contribution in [0, 0.1) is 0 Å². The Morgan fingerprint density at radius 3 is 2.16 bits per heavy atom. The van der Waals surface area contributed by atoms with Crippen molar-refractivity contribution in [2.75, 3.05) is 0 Å². The molecule has 0 fully saturated rings. The van der Waals surface area contributed by atoms with E-state index in [-0.39, 0.29) is 5.78 Å². The molecule has 2 aromatic rings. The molecule has 0 aromatic heterocycles. The predicted octanol–water partition coefficient (Wildman–Crippen LogP) is 3.11. The molecule has 1 N–H and O–H groups in total. The van der Waals surface area contributed by atoms with Gasteiger partial charge in [0.25, 0.3) is 0 Å². The lowest BCUT2D eigenvalue weighted by Crippen LogP contribution is -2.19. The van der Waals surface area contributed by atoms with Crippen molar-refractivity contribution in [2.24, 2.45) is 0 Å². The van der Waals surface area contributed by atoms with Gasteiger partial charge in [0.05, 0.1) is 0 Å². The molecule has 0 aliphatic heterocycles. The van der Waals surface area contributed by atoms with Crippen molar-refractivity contribution in [3.63, 3.8) is 0 Å². The topological polar surface area (TPSA) is 54.4 Å². The van der Waals surface area contributed by atoms with Gasteiger partial charge in [-0.2, -0.15) is 0 Å². The van der Waals surface area contributed by atoms with Gasteiger partial charge >= 0.3 is 5.97 Å². The van der Waals surface area contributed by atoms with Crippen LogP contribution in [0.4, 0.5) is 0 Å². The summed E-state index contributed by atoms with van der Waals surface area (Å²) in [7, 11) is 0. The van der Waals surface area contributed by atoms with E-state index in [1.807, 2.05) is 36.4 Å². The first-order chi connectivity index (χ1) is 9.09. The summed E-state index contributed by atoms with van der Waals surface area (Å²) in [4.78, 5) is 22.6. The fraction of sp³-hybridized carbons (Fsp3) is 0.125. The summed E-state index contributed by atoms with van der Waals surface area (Å²) < 4.78 is 0. The Kier molecular flexibility index (Phi) is 3.76. The maximum atomic E-state index is 11.5. The van der Waals surface area contributed by atoms with Crippen molar-refractivity contribution in [2.45, 2.75) is 12.8 Å². The number of hydrogen-bond acceptors (Lipinski definition) is 2. The first-order valence-corrected chi connectivity index (χ1v) is 5.98. The summed E-state index contributed by atoms with van der Waals surface area (Å²) in [6.45, 7) is 1.30. The van der Waals surface area contributed by atoms with Crippen molar-refractivity contribution in [1.82, 2.24) is 0 Å². The van der Waals surface area contributed by atoms with Gasteiger partial charge in [-0.1, -0.05) is 48.5 Å². The van der Waals surface area contributed by atoms with Crippen LogP contribution in [0.5, 0.6) is 0 Å². The summed E-state index contributed by atoms with van der Waals surface area (Å²) in [5, 5.41) is 9.14. The molecule has 0 spiro atoms. The van der Waals surface area contributed by atoms with E-state index >= 15 is 0 Å². The monoisotopic (exact) mass is 254 g/mol. The fourth-order valence-electron chi connectivity index (χ4n) is 2.08. The molecule has 1 atom stereocenters. The van der Waals surface area contributed by atoms with Gasteiger partial charge < -0.3 is 5.11 Å². The van der Waals surface area contributed by atoms with Crippen molar-refractivity contribution in [3.8, 4) is 11.1 Å². The molecular weight excluding hydrogens is 240 g/mol. The van der Waals surface area contributed by atoms with E-state index in [0.29, 0.717) is 5.56 Å². The van der Waals surface area contributed by atoms with Crippen LogP contribution in [-0.2, 0) is 9.59 Å². The van der Waals surface area contributed by atoms with E-state index in [4.69, 9.17) is 5.11 Å². The molecular formula is C16H14O3. The molecule has 0 aliphatic rings. The van der Waals surface area contributed by atoms with Gasteiger partial charge in [0.1, 0.15) is 11.7 Å². The molecule has 19 heavy (non-hydrogen) atoms. The first kappa shape index (κ1) is 13.0. The van der Waals surface area contributed by atoms with E-state index < -0.39 is 11.9 Å². The minimum atomic E-state index is -1.11. The maximum Gasteiger partial charge on any atom is 0.318 e. The second-order valence-electron chi connectivity index (χ2n) is 4.37. The molecule has 0 bridgehead atoms. The summed E-state index contributed by atoms with van der Waals surface area (Å²) in [6.07, 6.45) is 0. The van der Waals surface area contributed by atoms with Gasteiger partial charge in [-0.25, -0.2) is 0 Å². The maximum absolute atomic E-state index is 11.5. The Morgan fingerprint density at radius 2 is 1.58 bits per heavy atom. The number of benzene rings is 2. The van der Waals surface area contributed by atoms with Gasteiger partial charge in [0, 0.05) is 0 Å². The van der Waals surface area contributed by atoms with Crippen LogP contribution in [0.1, 0.15) is 18.4 Å². The average molecular weight is 254 g/mol. The Balaban J connectivity index is 2.45. The molecule has 0 aliphatic carbocycles. The van der Waals surface area contributed by atoms with Crippen LogP contribution in [0.15, 0.2) is 54.6 Å². The number of Topliss-reactive ketones (excluding diaryl/α,β-unsaturated/α-hetero) is 1. The number of ketones is 1. The van der Waals surface area contributed by atoms with E-state index in [2.05, 4.69) is 0 Å². The lowest BCUT2D eigenvalue weighted by molar-refractivity contribution is -0.142. The lowest BCUT2D eigenvalue weighted by atomic mass is 9.92. The second-order valence-corrected chi connectivity index (χ2v) is 4.37. The van der Waals surface area contributed by atoms with Gasteiger partial charge in [-0.15, -0.1) is 0 Å². The molecule has 2 aromatic carbocycles. The van der Waals surface area contributed by atoms with Crippen LogP contribution in [-0.4, -0.2) is 16.9 Å². The third-order valence-corrected chi connectivity index (χ3v) is 2.98. The molecule has 0 amide bonds. The zero-order valence-corrected chi connectivity index (χ0v) is 10.5. The Morgan fingerprint density at radius 1 is 0.947 bits per heavy atom. The van der Waals surface area contributed by atoms with Crippen LogP contribution in [0.3, 0.4) is 0 Å². The highest BCUT2D eigenvalue weighted by Crippen LogP contribution is 2.24. The molecule has 0 saturated carbocycles. The number of carbonyl (C=O) groups is 2. The number of carboxylic acid groups (broad SMARTS) is 1. The second kappa shape index (κ2) is 5.48. The summed E-state index contributed by atoms with van der Waals surface area (Å²) in [6, 6.07) is 16.8. The number of aliphatic carboxylic acids is 1. The Hall–Kier alpha value is -2.42. The summed E-state index contributed by atoms with van der Waals surface area (Å²) >= 11 is 0. The summed E-state index contributed by atoms with van der Waals surface area (Å²) in [5.41, 5.74) is 2.42. The minimum Gasteiger partial charge on any atom is -0.480 e. The normalized spacial score (nSPS) is 11.8. The third-order valence-electron chi connectivity index (χ3n) is 2.98. The summed E-state index contributed by atoms with van der Waals surface area (Å²) in [5.74, 6) is -2.57. The zero-order valence-electron chi connectivity index (χ0n) is 10.5. The number of carbonyl (C=O) groups excluding carboxylic acids is 1. The molecule has 0 radical (unpaired) electrons. The van der Waals surface area contributed by atoms with Crippen molar-refractivity contribution in [1.29, 1.82) is 0 Å². The van der Waals surface area contributed by atoms with Crippen molar-refractivity contribution in [3.05, 3.63) is 60.2 Å². The quantitative estimate of drug-likeness (QED) is 0.853. The average Bonchev–Trinajstić information content (AvgIpc) is 2.39. The van der Waals surface area contributed by atoms with Crippen LogP contribution < -0.4 is 0 Å². The van der Waals surface area contributed by atoms with Crippen LogP contribution in [0.2, 0.25) is 0 Å². The van der Waals surface area contributed by atoms with Gasteiger partial charge in [0.2, 0.25) is 0 Å². The highest BCUT2D eigenvalue weighted by atomic mass is 16.4. The van der Waals surface area contributed by atoms with Gasteiger partial charge in [-0.05, 0) is 29.7 Å². The molecule has 0 saturated heterocycles. The van der Waals surface area contributed by atoms with E-state index in [0.717, 1.165) is 11.1 Å². The Labute approximate surface area is 111 Å². The predicted molar refractivity (Wildman–Crippen MR) is 72.9 cm³/mol.